The van der Waals surface area contributed by atoms with Crippen molar-refractivity contribution in [2.24, 2.45) is 0 Å². The maximum absolute atomic E-state index is 12.6. The number of allylic oxidation sites excluding steroid dienone is 1. The van der Waals surface area contributed by atoms with Crippen molar-refractivity contribution >= 4 is 10.0 Å². The van der Waals surface area contributed by atoms with Gasteiger partial charge in [-0.15, -0.1) is 6.42 Å². The zero-order chi connectivity index (χ0) is 17.3. The summed E-state index contributed by atoms with van der Waals surface area (Å²) < 4.78 is 26.5. The van der Waals surface area contributed by atoms with E-state index in [1.165, 1.54) is 9.87 Å². The van der Waals surface area contributed by atoms with Crippen molar-refractivity contribution in [2.75, 3.05) is 13.1 Å². The molecule has 0 aliphatic carbocycles. The Morgan fingerprint density at radius 1 is 0.958 bits per heavy atom. The number of nitrogens with zero attached hydrogens (tertiary/aromatic N) is 1. The van der Waals surface area contributed by atoms with Crippen LogP contribution in [0.4, 0.5) is 0 Å². The Morgan fingerprint density at radius 2 is 1.58 bits per heavy atom. The molecule has 3 nitrogen and oxygen atoms in total. The van der Waals surface area contributed by atoms with Crippen LogP contribution < -0.4 is 0 Å². The van der Waals surface area contributed by atoms with E-state index in [9.17, 15) is 8.42 Å². The molecule has 0 radical (unpaired) electrons. The summed E-state index contributed by atoms with van der Waals surface area (Å²) in [5, 5.41) is 0. The summed E-state index contributed by atoms with van der Waals surface area (Å²) >= 11 is 0. The third-order valence-electron chi connectivity index (χ3n) is 3.57. The summed E-state index contributed by atoms with van der Waals surface area (Å²) in [4.78, 5) is 0.262. The van der Waals surface area contributed by atoms with E-state index in [0.717, 1.165) is 12.8 Å². The van der Waals surface area contributed by atoms with Gasteiger partial charge in [-0.3, -0.25) is 0 Å². The Kier molecular flexibility index (Phi) is 6.80. The van der Waals surface area contributed by atoms with Crippen LogP contribution in [0, 0.1) is 12.3 Å². The normalized spacial score (nSPS) is 11.7. The van der Waals surface area contributed by atoms with Crippen LogP contribution in [0.25, 0.3) is 0 Å². The standard InChI is InChI=1S/C20H21NO2S/c1-2-17-21(24(22,23)20-15-9-4-10-16-20)18-11-5-8-14-19-12-6-3-7-13-19/h1,3-7,9-13,15-16H,8,14,17-18H2/b11-5+. The molecule has 0 atom stereocenters. The lowest BCUT2D eigenvalue weighted by Gasteiger charge is -2.18. The molecule has 0 aliphatic rings. The number of aryl methyl sites for hydroxylation is 1. The molecule has 2 aromatic rings. The van der Waals surface area contributed by atoms with Gasteiger partial charge in [0.2, 0.25) is 10.0 Å². The van der Waals surface area contributed by atoms with E-state index < -0.39 is 10.0 Å². The first-order valence-corrected chi connectivity index (χ1v) is 9.26. The fraction of sp³-hybridized carbons (Fsp3) is 0.200. The van der Waals surface area contributed by atoms with Crippen LogP contribution in [0.2, 0.25) is 0 Å². The maximum Gasteiger partial charge on any atom is 0.244 e. The molecule has 0 spiro atoms. The van der Waals surface area contributed by atoms with Gasteiger partial charge in [0, 0.05) is 6.54 Å². The third-order valence-corrected chi connectivity index (χ3v) is 5.39. The predicted octanol–water partition coefficient (Wildman–Crippen LogP) is 3.50. The minimum Gasteiger partial charge on any atom is -0.207 e. The maximum atomic E-state index is 12.6. The first-order chi connectivity index (χ1) is 11.6. The van der Waals surface area contributed by atoms with E-state index in [0.29, 0.717) is 0 Å². The van der Waals surface area contributed by atoms with Gasteiger partial charge in [-0.05, 0) is 30.5 Å². The molecule has 0 heterocycles. The Hall–Kier alpha value is -2.35. The van der Waals surface area contributed by atoms with Gasteiger partial charge in [0.1, 0.15) is 0 Å². The van der Waals surface area contributed by atoms with Crippen LogP contribution in [-0.2, 0) is 16.4 Å². The van der Waals surface area contributed by atoms with Gasteiger partial charge >= 0.3 is 0 Å². The van der Waals surface area contributed by atoms with Gasteiger partial charge < -0.3 is 0 Å². The van der Waals surface area contributed by atoms with Gasteiger partial charge in [-0.25, -0.2) is 8.42 Å². The molecule has 0 fully saturated rings. The quantitative estimate of drug-likeness (QED) is 0.545. The largest absolute Gasteiger partial charge is 0.244 e. The van der Waals surface area contributed by atoms with Crippen LogP contribution >= 0.6 is 0 Å². The summed E-state index contributed by atoms with van der Waals surface area (Å²) in [5.41, 5.74) is 1.26. The van der Waals surface area contributed by atoms with Crippen molar-refractivity contribution < 1.29 is 8.42 Å². The molecule has 2 aromatic carbocycles. The zero-order valence-electron chi connectivity index (χ0n) is 13.5. The molecular weight excluding hydrogens is 318 g/mol. The van der Waals surface area contributed by atoms with E-state index in [1.54, 1.807) is 30.3 Å². The average Bonchev–Trinajstić information content (AvgIpc) is 2.62. The second kappa shape index (κ2) is 9.07. The molecule has 4 heteroatoms. The van der Waals surface area contributed by atoms with E-state index in [4.69, 9.17) is 6.42 Å². The van der Waals surface area contributed by atoms with Crippen LogP contribution in [-0.4, -0.2) is 25.8 Å². The smallest absolute Gasteiger partial charge is 0.207 e. The predicted molar refractivity (Wildman–Crippen MR) is 97.9 cm³/mol. The molecule has 0 aromatic heterocycles. The Morgan fingerprint density at radius 3 is 2.21 bits per heavy atom. The van der Waals surface area contributed by atoms with E-state index in [2.05, 4.69) is 18.1 Å². The summed E-state index contributed by atoms with van der Waals surface area (Å²) in [6.45, 7) is 0.330. The lowest BCUT2D eigenvalue weighted by Crippen LogP contribution is -2.31. The molecule has 0 saturated carbocycles. The van der Waals surface area contributed by atoms with Crippen molar-refractivity contribution in [3.63, 3.8) is 0 Å². The van der Waals surface area contributed by atoms with Crippen molar-refractivity contribution in [2.45, 2.75) is 17.7 Å². The zero-order valence-corrected chi connectivity index (χ0v) is 14.3. The lowest BCUT2D eigenvalue weighted by molar-refractivity contribution is 0.478. The van der Waals surface area contributed by atoms with Crippen molar-refractivity contribution in [3.05, 3.63) is 78.4 Å². The summed E-state index contributed by atoms with van der Waals surface area (Å²) in [5.74, 6) is 2.42. The van der Waals surface area contributed by atoms with E-state index >= 15 is 0 Å². The van der Waals surface area contributed by atoms with Crippen molar-refractivity contribution in [1.82, 2.24) is 4.31 Å². The monoisotopic (exact) mass is 339 g/mol. The number of hydrogen-bond donors (Lipinski definition) is 0. The number of rotatable bonds is 8. The van der Waals surface area contributed by atoms with Crippen molar-refractivity contribution in [1.29, 1.82) is 0 Å². The van der Waals surface area contributed by atoms with E-state index in [-0.39, 0.29) is 18.0 Å². The molecule has 0 saturated heterocycles. The minimum atomic E-state index is -3.56. The van der Waals surface area contributed by atoms with Gasteiger partial charge in [0.15, 0.2) is 0 Å². The molecular formula is C20H21NO2S. The second-order valence-electron chi connectivity index (χ2n) is 5.31. The second-order valence-corrected chi connectivity index (χ2v) is 7.25. The Labute approximate surface area is 144 Å². The molecule has 124 valence electrons. The van der Waals surface area contributed by atoms with Gasteiger partial charge in [0.25, 0.3) is 0 Å². The number of terminal acetylenes is 1. The van der Waals surface area contributed by atoms with Crippen LogP contribution in [0.5, 0.6) is 0 Å². The highest BCUT2D eigenvalue weighted by molar-refractivity contribution is 7.89. The Balaban J connectivity index is 1.96. The number of sulfonamides is 1. The minimum absolute atomic E-state index is 0.0558. The molecule has 2 rings (SSSR count). The van der Waals surface area contributed by atoms with Gasteiger partial charge in [0.05, 0.1) is 11.4 Å². The molecule has 0 amide bonds. The van der Waals surface area contributed by atoms with Gasteiger partial charge in [-0.1, -0.05) is 66.6 Å². The molecule has 0 unspecified atom stereocenters. The first kappa shape index (κ1) is 18.0. The summed E-state index contributed by atoms with van der Waals surface area (Å²) in [7, 11) is -3.56. The SMILES string of the molecule is C#CCN(C/C=C/CCc1ccccc1)S(=O)(=O)c1ccccc1. The fourth-order valence-corrected chi connectivity index (χ4v) is 3.62. The number of hydrogen-bond acceptors (Lipinski definition) is 2. The van der Waals surface area contributed by atoms with Crippen LogP contribution in [0.15, 0.2) is 77.7 Å². The number of benzene rings is 2. The third kappa shape index (κ3) is 5.09. The highest BCUT2D eigenvalue weighted by atomic mass is 32.2. The topological polar surface area (TPSA) is 37.4 Å². The first-order valence-electron chi connectivity index (χ1n) is 7.82. The highest BCUT2D eigenvalue weighted by Gasteiger charge is 2.22. The van der Waals surface area contributed by atoms with Crippen LogP contribution in [0.3, 0.4) is 0 Å². The molecule has 0 bridgehead atoms. The van der Waals surface area contributed by atoms with Crippen LogP contribution in [0.1, 0.15) is 12.0 Å². The highest BCUT2D eigenvalue weighted by Crippen LogP contribution is 2.14. The molecule has 24 heavy (non-hydrogen) atoms. The van der Waals surface area contributed by atoms with E-state index in [1.807, 2.05) is 30.4 Å². The summed E-state index contributed by atoms with van der Waals surface area (Å²) in [6.07, 6.45) is 11.0. The average molecular weight is 339 g/mol. The fourth-order valence-electron chi connectivity index (χ4n) is 2.30. The molecule has 0 N–H and O–H groups in total. The Bertz CT molecular complexity index is 791. The lowest BCUT2D eigenvalue weighted by atomic mass is 10.1. The van der Waals surface area contributed by atoms with Crippen molar-refractivity contribution in [3.8, 4) is 12.3 Å². The summed E-state index contributed by atoms with van der Waals surface area (Å²) in [6, 6.07) is 18.5. The van der Waals surface area contributed by atoms with Gasteiger partial charge in [-0.2, -0.15) is 4.31 Å². The molecule has 0 aliphatic heterocycles.